The first kappa shape index (κ1) is 19.3. The molecule has 0 radical (unpaired) electrons. The van der Waals surface area contributed by atoms with Gasteiger partial charge in [-0.05, 0) is 12.8 Å². The number of unbranched alkanes of at least 4 members (excludes halogenated alkanes) is 7. The average Bonchev–Trinajstić information content (AvgIpc) is 2.35. The van der Waals surface area contributed by atoms with Gasteiger partial charge in [-0.1, -0.05) is 38.5 Å². The number of nitrogens with one attached hydrogen (secondary N) is 1. The molecule has 0 aromatic heterocycles. The number of carboxylic acids is 1. The molecule has 0 saturated carbocycles. The Morgan fingerprint density at radius 1 is 0.950 bits per heavy atom. The standard InChI is InChI=1S/C13H28N2O4S/c1-15(2)20(18,19)14-12-10-8-6-4-3-5-7-9-11-13(16)17/h14H,3-12H2,1-2H3,(H,16,17). The smallest absolute Gasteiger partial charge is 0.303 e. The number of hydrogen-bond acceptors (Lipinski definition) is 3. The Morgan fingerprint density at radius 2 is 1.40 bits per heavy atom. The predicted molar refractivity (Wildman–Crippen MR) is 79.8 cm³/mol. The van der Waals surface area contributed by atoms with E-state index in [1.165, 1.54) is 18.4 Å². The zero-order chi connectivity index (χ0) is 15.4. The van der Waals surface area contributed by atoms with Crippen LogP contribution < -0.4 is 4.72 Å². The first-order valence-electron chi connectivity index (χ1n) is 7.25. The van der Waals surface area contributed by atoms with Gasteiger partial charge < -0.3 is 5.11 Å². The van der Waals surface area contributed by atoms with Crippen molar-refractivity contribution in [2.45, 2.75) is 57.8 Å². The third kappa shape index (κ3) is 11.2. The summed E-state index contributed by atoms with van der Waals surface area (Å²) in [4.78, 5) is 10.3. The van der Waals surface area contributed by atoms with Crippen molar-refractivity contribution in [3.05, 3.63) is 0 Å². The van der Waals surface area contributed by atoms with E-state index >= 15 is 0 Å². The number of rotatable bonds is 13. The zero-order valence-corrected chi connectivity index (χ0v) is 13.4. The number of nitrogens with zero attached hydrogens (tertiary/aromatic N) is 1. The minimum absolute atomic E-state index is 0.270. The van der Waals surface area contributed by atoms with Crippen LogP contribution in [0.2, 0.25) is 0 Å². The van der Waals surface area contributed by atoms with E-state index in [0.29, 0.717) is 6.54 Å². The summed E-state index contributed by atoms with van der Waals surface area (Å²) in [6.45, 7) is 0.485. The van der Waals surface area contributed by atoms with Gasteiger partial charge in [0.1, 0.15) is 0 Å². The first-order chi connectivity index (χ1) is 9.36. The second-order valence-corrected chi connectivity index (χ2v) is 7.12. The van der Waals surface area contributed by atoms with Crippen LogP contribution in [0.1, 0.15) is 57.8 Å². The topological polar surface area (TPSA) is 86.7 Å². The molecule has 0 aromatic carbocycles. The van der Waals surface area contributed by atoms with Gasteiger partial charge in [-0.25, -0.2) is 4.72 Å². The maximum Gasteiger partial charge on any atom is 0.303 e. The molecule has 0 bridgehead atoms. The Bertz CT molecular complexity index is 355. The number of hydrogen-bond donors (Lipinski definition) is 2. The summed E-state index contributed by atoms with van der Waals surface area (Å²) in [5.74, 6) is -0.717. The third-order valence-electron chi connectivity index (χ3n) is 3.08. The van der Waals surface area contributed by atoms with Crippen LogP contribution in [0, 0.1) is 0 Å². The maximum atomic E-state index is 11.4. The number of carbonyl (C=O) groups is 1. The molecule has 0 heterocycles. The van der Waals surface area contributed by atoms with Gasteiger partial charge in [0.05, 0.1) is 0 Å². The van der Waals surface area contributed by atoms with Crippen molar-refractivity contribution >= 4 is 16.2 Å². The summed E-state index contributed by atoms with van der Waals surface area (Å²) in [5.41, 5.74) is 0. The highest BCUT2D eigenvalue weighted by Gasteiger charge is 2.10. The molecule has 20 heavy (non-hydrogen) atoms. The summed E-state index contributed by atoms with van der Waals surface area (Å²) in [7, 11) is -0.264. The Labute approximate surface area is 122 Å². The lowest BCUT2D eigenvalue weighted by atomic mass is 10.1. The minimum Gasteiger partial charge on any atom is -0.481 e. The van der Waals surface area contributed by atoms with Crippen molar-refractivity contribution in [1.29, 1.82) is 0 Å². The largest absolute Gasteiger partial charge is 0.481 e. The monoisotopic (exact) mass is 308 g/mol. The van der Waals surface area contributed by atoms with E-state index in [-0.39, 0.29) is 6.42 Å². The van der Waals surface area contributed by atoms with Gasteiger partial charge in [-0.2, -0.15) is 12.7 Å². The molecular formula is C13H28N2O4S. The maximum absolute atomic E-state index is 11.4. The highest BCUT2D eigenvalue weighted by molar-refractivity contribution is 7.87. The molecule has 7 heteroatoms. The van der Waals surface area contributed by atoms with Crippen molar-refractivity contribution in [2.75, 3.05) is 20.6 Å². The predicted octanol–water partition coefficient (Wildman–Crippen LogP) is 1.98. The van der Waals surface area contributed by atoms with E-state index in [4.69, 9.17) is 5.11 Å². The van der Waals surface area contributed by atoms with Crippen LogP contribution >= 0.6 is 0 Å². The molecule has 0 aromatic rings. The molecule has 120 valence electrons. The Balaban J connectivity index is 3.27. The van der Waals surface area contributed by atoms with Crippen LogP contribution in [0.25, 0.3) is 0 Å². The van der Waals surface area contributed by atoms with Crippen LogP contribution in [0.4, 0.5) is 0 Å². The Kier molecular flexibility index (Phi) is 10.7. The summed E-state index contributed by atoms with van der Waals surface area (Å²) >= 11 is 0. The molecule has 6 nitrogen and oxygen atoms in total. The van der Waals surface area contributed by atoms with E-state index < -0.39 is 16.2 Å². The lowest BCUT2D eigenvalue weighted by Gasteiger charge is -2.11. The van der Waals surface area contributed by atoms with Gasteiger partial charge in [-0.15, -0.1) is 0 Å². The van der Waals surface area contributed by atoms with Gasteiger partial charge in [0, 0.05) is 27.1 Å². The lowest BCUT2D eigenvalue weighted by Crippen LogP contribution is -2.36. The summed E-state index contributed by atoms with van der Waals surface area (Å²) in [5, 5.41) is 8.48. The molecule has 0 fully saturated rings. The van der Waals surface area contributed by atoms with Gasteiger partial charge in [-0.3, -0.25) is 4.79 Å². The first-order valence-corrected chi connectivity index (χ1v) is 8.69. The van der Waals surface area contributed by atoms with E-state index in [2.05, 4.69) is 4.72 Å². The number of carboxylic acid groups (broad SMARTS) is 1. The van der Waals surface area contributed by atoms with Gasteiger partial charge in [0.15, 0.2) is 0 Å². The molecule has 0 rings (SSSR count). The van der Waals surface area contributed by atoms with Crippen molar-refractivity contribution < 1.29 is 18.3 Å². The van der Waals surface area contributed by atoms with E-state index in [1.807, 2.05) is 0 Å². The zero-order valence-electron chi connectivity index (χ0n) is 12.6. The highest BCUT2D eigenvalue weighted by atomic mass is 32.2. The normalized spacial score (nSPS) is 11.9. The van der Waals surface area contributed by atoms with Crippen LogP contribution in [-0.4, -0.2) is 44.4 Å². The summed E-state index contributed by atoms with van der Waals surface area (Å²) in [6.07, 6.45) is 8.33. The third-order valence-corrected chi connectivity index (χ3v) is 4.61. The molecule has 0 aliphatic rings. The fourth-order valence-corrected chi connectivity index (χ4v) is 2.45. The summed E-state index contributed by atoms with van der Waals surface area (Å²) in [6, 6.07) is 0. The van der Waals surface area contributed by atoms with Crippen LogP contribution in [0.15, 0.2) is 0 Å². The second-order valence-electron chi connectivity index (χ2n) is 5.15. The number of aliphatic carboxylic acids is 1. The van der Waals surface area contributed by atoms with Crippen LogP contribution in [0.5, 0.6) is 0 Å². The van der Waals surface area contributed by atoms with Gasteiger partial charge in [0.25, 0.3) is 10.2 Å². The molecule has 0 aliphatic carbocycles. The molecule has 2 N–H and O–H groups in total. The van der Waals surface area contributed by atoms with Crippen LogP contribution in [0.3, 0.4) is 0 Å². The SMILES string of the molecule is CN(C)S(=O)(=O)NCCCCCCCCCCC(=O)O. The van der Waals surface area contributed by atoms with Crippen molar-refractivity contribution in [2.24, 2.45) is 0 Å². The molecule has 0 atom stereocenters. The Morgan fingerprint density at radius 3 is 1.85 bits per heavy atom. The molecule has 0 aliphatic heterocycles. The van der Waals surface area contributed by atoms with E-state index in [0.717, 1.165) is 51.4 Å². The lowest BCUT2D eigenvalue weighted by molar-refractivity contribution is -0.137. The Hall–Kier alpha value is -0.660. The van der Waals surface area contributed by atoms with Crippen molar-refractivity contribution in [3.8, 4) is 0 Å². The fraction of sp³-hybridized carbons (Fsp3) is 0.923. The van der Waals surface area contributed by atoms with Crippen LogP contribution in [-0.2, 0) is 15.0 Å². The van der Waals surface area contributed by atoms with Gasteiger partial charge >= 0.3 is 5.97 Å². The van der Waals surface area contributed by atoms with E-state index in [1.54, 1.807) is 0 Å². The quantitative estimate of drug-likeness (QED) is 0.509. The van der Waals surface area contributed by atoms with E-state index in [9.17, 15) is 13.2 Å². The fourth-order valence-electron chi connectivity index (χ4n) is 1.79. The molecule has 0 amide bonds. The van der Waals surface area contributed by atoms with Crippen molar-refractivity contribution in [1.82, 2.24) is 9.03 Å². The van der Waals surface area contributed by atoms with Gasteiger partial charge in [0.2, 0.25) is 0 Å². The van der Waals surface area contributed by atoms with Crippen molar-refractivity contribution in [3.63, 3.8) is 0 Å². The average molecular weight is 308 g/mol. The molecule has 0 spiro atoms. The summed E-state index contributed by atoms with van der Waals surface area (Å²) < 4.78 is 26.5. The highest BCUT2D eigenvalue weighted by Crippen LogP contribution is 2.09. The second kappa shape index (κ2) is 11.0. The molecular weight excluding hydrogens is 280 g/mol. The minimum atomic E-state index is -3.28. The molecule has 0 saturated heterocycles. The molecule has 0 unspecified atom stereocenters.